The summed E-state index contributed by atoms with van der Waals surface area (Å²) < 4.78 is 0. The molecule has 2 N–H and O–H groups in total. The molecular weight excluding hydrogens is 567 g/mol. The summed E-state index contributed by atoms with van der Waals surface area (Å²) in [4.78, 5) is 44.3. The van der Waals surface area contributed by atoms with Gasteiger partial charge in [-0.05, 0) is 55.5 Å². The van der Waals surface area contributed by atoms with Gasteiger partial charge in [-0.3, -0.25) is 19.3 Å². The van der Waals surface area contributed by atoms with Crippen molar-refractivity contribution in [3.8, 4) is 0 Å². The highest BCUT2D eigenvalue weighted by Crippen LogP contribution is 2.47. The first-order chi connectivity index (χ1) is 20.4. The number of thioether (sulfide) groups is 2. The number of aliphatic hydroxyl groups is 1. The van der Waals surface area contributed by atoms with Crippen LogP contribution in [-0.2, 0) is 4.79 Å². The van der Waals surface area contributed by atoms with Crippen LogP contribution in [0.3, 0.4) is 0 Å². The van der Waals surface area contributed by atoms with Crippen LogP contribution in [-0.4, -0.2) is 47.2 Å². The standard InChI is InChI=1S/C33H27N3O4S2/c1-3-35-26-13-7-9-15-28(26)42-29(35)19-24-30(37)23(31(24)38)18-20(2)41-27-14-8-6-12-25(27)34-16-17-36-32(39)21-10-4-5-11-22(21)33(36)40/h4-15,18-19,34,37H,2-3,16-17H2,1H3/b23-18-,29-19-. The molecule has 0 atom stereocenters. The Morgan fingerprint density at radius 3 is 2.33 bits per heavy atom. The molecule has 2 aliphatic heterocycles. The SMILES string of the molecule is C=C(/C=C1\C(=O)C(/C=C2\Sc3ccccc3N2CC)=C1O)Sc1ccccc1NCCN1C(=O)c2ccccc2C1=O. The number of aliphatic hydroxyl groups excluding tert-OH is 1. The van der Waals surface area contributed by atoms with Crippen LogP contribution in [0.5, 0.6) is 0 Å². The van der Waals surface area contributed by atoms with Gasteiger partial charge in [0.1, 0.15) is 5.76 Å². The fraction of sp³-hybridized carbons (Fsp3) is 0.121. The van der Waals surface area contributed by atoms with Gasteiger partial charge in [-0.2, -0.15) is 0 Å². The van der Waals surface area contributed by atoms with Crippen LogP contribution in [0.4, 0.5) is 11.4 Å². The van der Waals surface area contributed by atoms with Gasteiger partial charge in [0.2, 0.25) is 5.78 Å². The summed E-state index contributed by atoms with van der Waals surface area (Å²) in [7, 11) is 0. The molecule has 0 radical (unpaired) electrons. The summed E-state index contributed by atoms with van der Waals surface area (Å²) in [5, 5.41) is 15.0. The highest BCUT2D eigenvalue weighted by Gasteiger charge is 2.35. The first kappa shape index (κ1) is 27.7. The molecule has 210 valence electrons. The highest BCUT2D eigenvalue weighted by molar-refractivity contribution is 8.03. The zero-order valence-corrected chi connectivity index (χ0v) is 24.4. The monoisotopic (exact) mass is 593 g/mol. The summed E-state index contributed by atoms with van der Waals surface area (Å²) in [5.41, 5.74) is 3.29. The number of nitrogens with one attached hydrogen (secondary N) is 1. The maximum atomic E-state index is 13.0. The number of ketones is 1. The summed E-state index contributed by atoms with van der Waals surface area (Å²) in [5.74, 6) is -0.825. The maximum absolute atomic E-state index is 13.0. The highest BCUT2D eigenvalue weighted by atomic mass is 32.2. The van der Waals surface area contributed by atoms with Gasteiger partial charge in [-0.1, -0.05) is 66.5 Å². The molecule has 6 rings (SSSR count). The molecule has 3 aromatic carbocycles. The number of allylic oxidation sites excluding steroid dienone is 4. The van der Waals surface area contributed by atoms with E-state index in [9.17, 15) is 19.5 Å². The van der Waals surface area contributed by atoms with Crippen LogP contribution in [0.15, 0.2) is 128 Å². The van der Waals surface area contributed by atoms with Crippen LogP contribution < -0.4 is 10.2 Å². The molecule has 2 amide bonds. The summed E-state index contributed by atoms with van der Waals surface area (Å²) in [6, 6.07) is 22.5. The van der Waals surface area contributed by atoms with Crippen molar-refractivity contribution in [3.63, 3.8) is 0 Å². The molecule has 42 heavy (non-hydrogen) atoms. The van der Waals surface area contributed by atoms with Crippen molar-refractivity contribution in [2.24, 2.45) is 0 Å². The van der Waals surface area contributed by atoms with Gasteiger partial charge in [0.05, 0.1) is 33.0 Å². The second-order valence-corrected chi connectivity index (χ2v) is 12.0. The Morgan fingerprint density at radius 1 is 0.952 bits per heavy atom. The number of hydrogen-bond acceptors (Lipinski definition) is 8. The first-order valence-electron chi connectivity index (χ1n) is 13.5. The van der Waals surface area contributed by atoms with Crippen LogP contribution in [0.25, 0.3) is 0 Å². The van der Waals surface area contributed by atoms with Gasteiger partial charge in [-0.15, -0.1) is 0 Å². The molecule has 0 unspecified atom stereocenters. The number of benzene rings is 3. The normalized spacial score (nSPS) is 17.7. The minimum Gasteiger partial charge on any atom is -0.506 e. The third-order valence-electron chi connectivity index (χ3n) is 7.18. The number of carbonyl (C=O) groups excluding carboxylic acids is 3. The minimum atomic E-state index is -0.286. The number of nitrogens with zero attached hydrogens (tertiary/aromatic N) is 2. The van der Waals surface area contributed by atoms with E-state index in [1.807, 2.05) is 48.5 Å². The number of para-hydroxylation sites is 2. The number of carbonyl (C=O) groups is 3. The fourth-order valence-corrected chi connectivity index (χ4v) is 7.12. The van der Waals surface area contributed by atoms with Crippen molar-refractivity contribution in [2.75, 3.05) is 29.9 Å². The largest absolute Gasteiger partial charge is 0.506 e. The lowest BCUT2D eigenvalue weighted by molar-refractivity contribution is -0.113. The average molecular weight is 594 g/mol. The van der Waals surface area contributed by atoms with Gasteiger partial charge >= 0.3 is 0 Å². The lowest BCUT2D eigenvalue weighted by atomic mass is 9.87. The van der Waals surface area contributed by atoms with Crippen LogP contribution in [0.2, 0.25) is 0 Å². The molecule has 3 aliphatic rings. The first-order valence-corrected chi connectivity index (χ1v) is 15.1. The van der Waals surface area contributed by atoms with E-state index in [0.717, 1.165) is 32.7 Å². The van der Waals surface area contributed by atoms with E-state index in [-0.39, 0.29) is 35.5 Å². The van der Waals surface area contributed by atoms with Crippen LogP contribution >= 0.6 is 23.5 Å². The van der Waals surface area contributed by atoms with Gasteiger partial charge in [0.15, 0.2) is 0 Å². The van der Waals surface area contributed by atoms with Crippen molar-refractivity contribution in [2.45, 2.75) is 16.7 Å². The molecule has 0 fully saturated rings. The van der Waals surface area contributed by atoms with E-state index in [4.69, 9.17) is 0 Å². The molecule has 0 aromatic heterocycles. The molecular formula is C33H27N3O4S2. The number of hydrogen-bond donors (Lipinski definition) is 2. The Bertz CT molecular complexity index is 1720. The van der Waals surface area contributed by atoms with E-state index in [1.165, 1.54) is 16.7 Å². The van der Waals surface area contributed by atoms with Crippen LogP contribution in [0.1, 0.15) is 27.6 Å². The molecule has 0 bridgehead atoms. The van der Waals surface area contributed by atoms with E-state index in [2.05, 4.69) is 23.7 Å². The summed E-state index contributed by atoms with van der Waals surface area (Å²) in [6.45, 7) is 7.49. The minimum absolute atomic E-state index is 0.0331. The molecule has 3 aromatic rings. The number of Topliss-reactive ketones (excluding diaryl/α,β-unsaturated/α-hetero) is 1. The Balaban J connectivity index is 1.11. The number of imide groups is 1. The van der Waals surface area contributed by atoms with Crippen molar-refractivity contribution >= 4 is 52.5 Å². The van der Waals surface area contributed by atoms with E-state index in [1.54, 1.807) is 48.2 Å². The second-order valence-electron chi connectivity index (χ2n) is 9.74. The molecule has 0 saturated carbocycles. The molecule has 9 heteroatoms. The summed E-state index contributed by atoms with van der Waals surface area (Å²) >= 11 is 2.94. The Hall–Kier alpha value is -4.47. The van der Waals surface area contributed by atoms with E-state index in [0.29, 0.717) is 28.1 Å². The average Bonchev–Trinajstić information content (AvgIpc) is 3.49. The quantitative estimate of drug-likeness (QED) is 0.159. The predicted molar refractivity (Wildman–Crippen MR) is 168 cm³/mol. The zero-order chi connectivity index (χ0) is 29.4. The molecule has 0 saturated heterocycles. The molecule has 0 spiro atoms. The van der Waals surface area contributed by atoms with Gasteiger partial charge < -0.3 is 15.3 Å². The molecule has 1 aliphatic carbocycles. The van der Waals surface area contributed by atoms with Crippen LogP contribution in [0, 0.1) is 0 Å². The third kappa shape index (κ3) is 4.95. The van der Waals surface area contributed by atoms with Crippen molar-refractivity contribution < 1.29 is 19.5 Å². The Morgan fingerprint density at radius 2 is 1.62 bits per heavy atom. The smallest absolute Gasteiger partial charge is 0.261 e. The Labute approximate surface area is 252 Å². The topological polar surface area (TPSA) is 90.0 Å². The predicted octanol–water partition coefficient (Wildman–Crippen LogP) is 6.80. The zero-order valence-electron chi connectivity index (χ0n) is 22.8. The number of amides is 2. The summed E-state index contributed by atoms with van der Waals surface area (Å²) in [6.07, 6.45) is 3.36. The lowest BCUT2D eigenvalue weighted by Crippen LogP contribution is -2.34. The molecule has 2 heterocycles. The number of rotatable bonds is 9. The van der Waals surface area contributed by atoms with Gasteiger partial charge in [0, 0.05) is 40.0 Å². The lowest BCUT2D eigenvalue weighted by Gasteiger charge is -2.22. The van der Waals surface area contributed by atoms with Crippen molar-refractivity contribution in [3.05, 3.63) is 129 Å². The Kier molecular flexibility index (Phi) is 7.53. The number of fused-ring (bicyclic) bond motifs is 2. The fourth-order valence-electron chi connectivity index (χ4n) is 5.10. The molecule has 7 nitrogen and oxygen atoms in total. The van der Waals surface area contributed by atoms with Crippen molar-refractivity contribution in [1.82, 2.24) is 4.90 Å². The second kappa shape index (κ2) is 11.4. The van der Waals surface area contributed by atoms with E-state index >= 15 is 0 Å². The van der Waals surface area contributed by atoms with E-state index < -0.39 is 0 Å². The van der Waals surface area contributed by atoms with Gasteiger partial charge in [-0.25, -0.2) is 0 Å². The maximum Gasteiger partial charge on any atom is 0.261 e. The third-order valence-corrected chi connectivity index (χ3v) is 9.25. The van der Waals surface area contributed by atoms with Gasteiger partial charge in [0.25, 0.3) is 11.8 Å². The van der Waals surface area contributed by atoms with Crippen molar-refractivity contribution in [1.29, 1.82) is 0 Å². The number of anilines is 2.